The van der Waals surface area contributed by atoms with Crippen LogP contribution in [0.1, 0.15) is 26.3 Å². The molecule has 0 fully saturated rings. The van der Waals surface area contributed by atoms with Crippen LogP contribution >= 0.6 is 11.3 Å². The largest absolute Gasteiger partial charge is 0.302 e. The molecule has 0 atom stereocenters. The molecule has 1 N–H and O–H groups in total. The molecule has 1 heterocycles. The van der Waals surface area contributed by atoms with Crippen molar-refractivity contribution in [3.05, 3.63) is 35.2 Å². The van der Waals surface area contributed by atoms with E-state index < -0.39 is 5.41 Å². The Morgan fingerprint density at radius 1 is 1.21 bits per heavy atom. The van der Waals surface area contributed by atoms with Crippen LogP contribution in [-0.2, 0) is 4.79 Å². The van der Waals surface area contributed by atoms with Gasteiger partial charge < -0.3 is 5.32 Å². The van der Waals surface area contributed by atoms with E-state index in [1.807, 2.05) is 38.3 Å². The summed E-state index contributed by atoms with van der Waals surface area (Å²) in [6.45, 7) is 7.71. The van der Waals surface area contributed by atoms with Crippen molar-refractivity contribution in [1.29, 1.82) is 0 Å². The number of hydrogen-bond donors (Lipinski definition) is 1. The number of nitrogens with zero attached hydrogens (tertiary/aromatic N) is 1. The van der Waals surface area contributed by atoms with Crippen LogP contribution in [-0.4, -0.2) is 10.9 Å². The first-order valence-electron chi connectivity index (χ1n) is 6.20. The zero-order chi connectivity index (χ0) is 14.0. The van der Waals surface area contributed by atoms with E-state index in [-0.39, 0.29) is 5.91 Å². The SMILES string of the molecule is Cc1ccc(-c2csc(NC(=O)C(C)(C)C)n2)cc1. The van der Waals surface area contributed by atoms with Crippen molar-refractivity contribution in [2.24, 2.45) is 5.41 Å². The summed E-state index contributed by atoms with van der Waals surface area (Å²) in [5.41, 5.74) is 2.78. The second-order valence-electron chi connectivity index (χ2n) is 5.61. The average molecular weight is 274 g/mol. The van der Waals surface area contributed by atoms with Crippen molar-refractivity contribution < 1.29 is 4.79 Å². The topological polar surface area (TPSA) is 42.0 Å². The molecule has 4 heteroatoms. The maximum atomic E-state index is 11.9. The van der Waals surface area contributed by atoms with Gasteiger partial charge in [-0.15, -0.1) is 11.3 Å². The first kappa shape index (κ1) is 13.7. The number of anilines is 1. The lowest BCUT2D eigenvalue weighted by molar-refractivity contribution is -0.123. The smallest absolute Gasteiger partial charge is 0.231 e. The van der Waals surface area contributed by atoms with Gasteiger partial charge in [0.1, 0.15) is 0 Å². The van der Waals surface area contributed by atoms with Crippen LogP contribution in [0.3, 0.4) is 0 Å². The molecule has 0 saturated heterocycles. The molecular formula is C15H18N2OS. The Morgan fingerprint density at radius 2 is 1.84 bits per heavy atom. The second kappa shape index (κ2) is 5.13. The van der Waals surface area contributed by atoms with E-state index in [0.29, 0.717) is 5.13 Å². The van der Waals surface area contributed by atoms with Gasteiger partial charge in [-0.1, -0.05) is 50.6 Å². The molecule has 0 aliphatic rings. The van der Waals surface area contributed by atoms with Crippen LogP contribution in [0.25, 0.3) is 11.3 Å². The maximum absolute atomic E-state index is 11.9. The van der Waals surface area contributed by atoms with Gasteiger partial charge >= 0.3 is 0 Å². The summed E-state index contributed by atoms with van der Waals surface area (Å²) in [6, 6.07) is 8.20. The number of amides is 1. The molecule has 0 unspecified atom stereocenters. The molecule has 0 spiro atoms. The van der Waals surface area contributed by atoms with Crippen molar-refractivity contribution in [2.45, 2.75) is 27.7 Å². The first-order valence-corrected chi connectivity index (χ1v) is 7.08. The molecule has 2 aromatic rings. The zero-order valence-electron chi connectivity index (χ0n) is 11.7. The first-order chi connectivity index (χ1) is 8.86. The van der Waals surface area contributed by atoms with Crippen LogP contribution < -0.4 is 5.32 Å². The van der Waals surface area contributed by atoms with E-state index in [0.717, 1.165) is 11.3 Å². The van der Waals surface area contributed by atoms with Crippen LogP contribution in [0.5, 0.6) is 0 Å². The molecule has 2 rings (SSSR count). The van der Waals surface area contributed by atoms with E-state index in [4.69, 9.17) is 0 Å². The number of rotatable bonds is 2. The van der Waals surface area contributed by atoms with Gasteiger partial charge in [0.05, 0.1) is 5.69 Å². The molecule has 0 bridgehead atoms. The highest BCUT2D eigenvalue weighted by Gasteiger charge is 2.22. The maximum Gasteiger partial charge on any atom is 0.231 e. The monoisotopic (exact) mass is 274 g/mol. The number of hydrogen-bond acceptors (Lipinski definition) is 3. The lowest BCUT2D eigenvalue weighted by Crippen LogP contribution is -2.27. The Morgan fingerprint density at radius 3 is 2.42 bits per heavy atom. The van der Waals surface area contributed by atoms with E-state index in [1.165, 1.54) is 16.9 Å². The minimum Gasteiger partial charge on any atom is -0.302 e. The summed E-state index contributed by atoms with van der Waals surface area (Å²) in [4.78, 5) is 16.3. The molecule has 0 radical (unpaired) electrons. The number of carbonyl (C=O) groups excluding carboxylic acids is 1. The second-order valence-corrected chi connectivity index (χ2v) is 6.47. The Labute approximate surface area is 117 Å². The Balaban J connectivity index is 2.16. The fraction of sp³-hybridized carbons (Fsp3) is 0.333. The summed E-state index contributed by atoms with van der Waals surface area (Å²) in [6.07, 6.45) is 0. The highest BCUT2D eigenvalue weighted by molar-refractivity contribution is 7.14. The third kappa shape index (κ3) is 3.41. The van der Waals surface area contributed by atoms with Gasteiger partial charge in [0.2, 0.25) is 5.91 Å². The van der Waals surface area contributed by atoms with Crippen molar-refractivity contribution in [3.63, 3.8) is 0 Å². The number of thiazole rings is 1. The lowest BCUT2D eigenvalue weighted by atomic mass is 9.96. The predicted molar refractivity (Wildman–Crippen MR) is 80.4 cm³/mol. The minimum atomic E-state index is -0.407. The predicted octanol–water partition coefficient (Wildman–Crippen LogP) is 4.10. The molecular weight excluding hydrogens is 256 g/mol. The van der Waals surface area contributed by atoms with E-state index >= 15 is 0 Å². The summed E-state index contributed by atoms with van der Waals surface area (Å²) in [7, 11) is 0. The highest BCUT2D eigenvalue weighted by atomic mass is 32.1. The van der Waals surface area contributed by atoms with E-state index in [9.17, 15) is 4.79 Å². The summed E-state index contributed by atoms with van der Waals surface area (Å²) in [5, 5.41) is 5.46. The Hall–Kier alpha value is -1.68. The molecule has 19 heavy (non-hydrogen) atoms. The highest BCUT2D eigenvalue weighted by Crippen LogP contribution is 2.26. The van der Waals surface area contributed by atoms with Gasteiger partial charge in [-0.2, -0.15) is 0 Å². The minimum absolute atomic E-state index is 0.0164. The van der Waals surface area contributed by atoms with Crippen molar-refractivity contribution in [2.75, 3.05) is 5.32 Å². The van der Waals surface area contributed by atoms with E-state index in [2.05, 4.69) is 29.4 Å². The van der Waals surface area contributed by atoms with Crippen LogP contribution in [0.4, 0.5) is 5.13 Å². The van der Waals surface area contributed by atoms with Gasteiger partial charge in [0, 0.05) is 16.4 Å². The third-order valence-electron chi connectivity index (χ3n) is 2.75. The van der Waals surface area contributed by atoms with Gasteiger partial charge in [0.25, 0.3) is 0 Å². The number of nitrogens with one attached hydrogen (secondary N) is 1. The molecule has 1 aromatic carbocycles. The fourth-order valence-corrected chi connectivity index (χ4v) is 2.19. The van der Waals surface area contributed by atoms with Crippen molar-refractivity contribution >= 4 is 22.4 Å². The molecule has 1 aromatic heterocycles. The Bertz CT molecular complexity index is 579. The standard InChI is InChI=1S/C15H18N2OS/c1-10-5-7-11(8-6-10)12-9-19-14(16-12)17-13(18)15(2,3)4/h5-9H,1-4H3,(H,16,17,18). The van der Waals surface area contributed by atoms with Crippen molar-refractivity contribution in [3.8, 4) is 11.3 Å². The van der Waals surface area contributed by atoms with Gasteiger partial charge in [-0.05, 0) is 6.92 Å². The normalized spacial score (nSPS) is 11.4. The van der Waals surface area contributed by atoms with Crippen LogP contribution in [0, 0.1) is 12.3 Å². The quantitative estimate of drug-likeness (QED) is 0.895. The fourth-order valence-electron chi connectivity index (χ4n) is 1.47. The number of aromatic nitrogens is 1. The van der Waals surface area contributed by atoms with Crippen LogP contribution in [0.2, 0.25) is 0 Å². The Kier molecular flexibility index (Phi) is 3.71. The molecule has 1 amide bonds. The van der Waals surface area contributed by atoms with Gasteiger partial charge in [-0.25, -0.2) is 4.98 Å². The average Bonchev–Trinajstić information content (AvgIpc) is 2.77. The van der Waals surface area contributed by atoms with E-state index in [1.54, 1.807) is 0 Å². The molecule has 100 valence electrons. The summed E-state index contributed by atoms with van der Waals surface area (Å²) in [5.74, 6) is -0.0164. The number of carbonyl (C=O) groups is 1. The molecule has 3 nitrogen and oxygen atoms in total. The number of aryl methyl sites for hydroxylation is 1. The number of benzene rings is 1. The molecule has 0 aliphatic heterocycles. The van der Waals surface area contributed by atoms with Crippen molar-refractivity contribution in [1.82, 2.24) is 4.98 Å². The third-order valence-corrected chi connectivity index (χ3v) is 3.51. The molecule has 0 saturated carbocycles. The summed E-state index contributed by atoms with van der Waals surface area (Å²) >= 11 is 1.45. The van der Waals surface area contributed by atoms with Crippen LogP contribution in [0.15, 0.2) is 29.6 Å². The zero-order valence-corrected chi connectivity index (χ0v) is 12.5. The summed E-state index contributed by atoms with van der Waals surface area (Å²) < 4.78 is 0. The van der Waals surface area contributed by atoms with Gasteiger partial charge in [0.15, 0.2) is 5.13 Å². The lowest BCUT2D eigenvalue weighted by Gasteiger charge is -2.15. The van der Waals surface area contributed by atoms with Gasteiger partial charge in [-0.3, -0.25) is 4.79 Å². The molecule has 0 aliphatic carbocycles.